The third kappa shape index (κ3) is 3.18. The summed E-state index contributed by atoms with van der Waals surface area (Å²) in [5.74, 6) is 0.302. The lowest BCUT2D eigenvalue weighted by molar-refractivity contribution is 0.0487. The Hall–Kier alpha value is -1.50. The number of fused-ring (bicyclic) bond motifs is 1. The molecule has 1 fully saturated rings. The fourth-order valence-corrected chi connectivity index (χ4v) is 4.98. The van der Waals surface area contributed by atoms with Gasteiger partial charge in [-0.25, -0.2) is 13.1 Å². The van der Waals surface area contributed by atoms with Crippen LogP contribution < -0.4 is 4.72 Å². The largest absolute Gasteiger partial charge is 0.396 e. The molecule has 5 nitrogen and oxygen atoms in total. The van der Waals surface area contributed by atoms with Crippen molar-refractivity contribution in [1.82, 2.24) is 9.71 Å². The summed E-state index contributed by atoms with van der Waals surface area (Å²) in [6, 6.07) is 6.97. The number of pyridine rings is 1. The molecule has 0 aliphatic heterocycles. The number of hydrogen-bond donors (Lipinski definition) is 2. The second-order valence-electron chi connectivity index (χ2n) is 6.81. The van der Waals surface area contributed by atoms with Crippen LogP contribution >= 0.6 is 0 Å². The van der Waals surface area contributed by atoms with Crippen LogP contribution in [-0.2, 0) is 10.0 Å². The molecular weight excluding hydrogens is 324 g/mol. The molecule has 0 amide bonds. The van der Waals surface area contributed by atoms with Gasteiger partial charge in [0, 0.05) is 36.3 Å². The van der Waals surface area contributed by atoms with Gasteiger partial charge >= 0.3 is 0 Å². The van der Waals surface area contributed by atoms with E-state index < -0.39 is 10.0 Å². The Bertz CT molecular complexity index is 811. The highest BCUT2D eigenvalue weighted by Crippen LogP contribution is 2.48. The van der Waals surface area contributed by atoms with E-state index in [0.29, 0.717) is 29.2 Å². The third-order valence-corrected chi connectivity index (χ3v) is 6.96. The highest BCUT2D eigenvalue weighted by Gasteiger charge is 2.42. The number of benzene rings is 1. The second-order valence-corrected chi connectivity index (χ2v) is 8.54. The highest BCUT2D eigenvalue weighted by atomic mass is 32.2. The molecule has 130 valence electrons. The van der Waals surface area contributed by atoms with Crippen LogP contribution in [0, 0.1) is 11.3 Å². The normalized spacial score (nSPS) is 18.2. The van der Waals surface area contributed by atoms with Gasteiger partial charge in [-0.2, -0.15) is 0 Å². The second kappa shape index (κ2) is 6.78. The topological polar surface area (TPSA) is 79.3 Å². The SMILES string of the molecule is CC(CCO)C1(CNS(=O)(=O)c2cccc3cnccc23)CCC1. The molecular formula is C18H24N2O3S. The van der Waals surface area contributed by atoms with E-state index in [-0.39, 0.29) is 12.0 Å². The van der Waals surface area contributed by atoms with Gasteiger partial charge in [0.25, 0.3) is 0 Å². The Morgan fingerprint density at radius 3 is 2.79 bits per heavy atom. The summed E-state index contributed by atoms with van der Waals surface area (Å²) < 4.78 is 28.5. The van der Waals surface area contributed by atoms with Gasteiger partial charge in [0.2, 0.25) is 10.0 Å². The lowest BCUT2D eigenvalue weighted by atomic mass is 9.61. The fourth-order valence-electron chi connectivity index (χ4n) is 3.62. The first-order valence-corrected chi connectivity index (χ1v) is 9.90. The lowest BCUT2D eigenvalue weighted by Crippen LogP contribution is -2.46. The van der Waals surface area contributed by atoms with E-state index in [1.54, 1.807) is 30.6 Å². The third-order valence-electron chi connectivity index (χ3n) is 5.50. The van der Waals surface area contributed by atoms with Crippen molar-refractivity contribution >= 4 is 20.8 Å². The van der Waals surface area contributed by atoms with Crippen LogP contribution in [0.1, 0.15) is 32.6 Å². The van der Waals surface area contributed by atoms with E-state index >= 15 is 0 Å². The quantitative estimate of drug-likeness (QED) is 0.806. The summed E-state index contributed by atoms with van der Waals surface area (Å²) in [4.78, 5) is 4.35. The first-order valence-electron chi connectivity index (χ1n) is 8.42. The Kier molecular flexibility index (Phi) is 4.90. The maximum absolute atomic E-state index is 12.8. The van der Waals surface area contributed by atoms with Crippen LogP contribution in [0.3, 0.4) is 0 Å². The monoisotopic (exact) mass is 348 g/mol. The number of sulfonamides is 1. The molecule has 1 aromatic carbocycles. The zero-order valence-electron chi connectivity index (χ0n) is 13.9. The van der Waals surface area contributed by atoms with Gasteiger partial charge in [0.05, 0.1) is 4.90 Å². The summed E-state index contributed by atoms with van der Waals surface area (Å²) in [5, 5.41) is 10.7. The molecule has 0 saturated heterocycles. The number of hydrogen-bond acceptors (Lipinski definition) is 4. The fraction of sp³-hybridized carbons (Fsp3) is 0.500. The predicted molar refractivity (Wildman–Crippen MR) is 94.1 cm³/mol. The highest BCUT2D eigenvalue weighted by molar-refractivity contribution is 7.89. The number of nitrogens with one attached hydrogen (secondary N) is 1. The predicted octanol–water partition coefficient (Wildman–Crippen LogP) is 2.70. The summed E-state index contributed by atoms with van der Waals surface area (Å²) in [7, 11) is -3.59. The maximum Gasteiger partial charge on any atom is 0.241 e. The van der Waals surface area contributed by atoms with E-state index in [1.807, 2.05) is 6.07 Å². The van der Waals surface area contributed by atoms with Crippen LogP contribution in [-0.4, -0.2) is 31.7 Å². The molecule has 3 rings (SSSR count). The number of aliphatic hydroxyl groups is 1. The van der Waals surface area contributed by atoms with Gasteiger partial charge in [-0.1, -0.05) is 25.5 Å². The van der Waals surface area contributed by atoms with Crippen LogP contribution in [0.15, 0.2) is 41.6 Å². The van der Waals surface area contributed by atoms with Crippen molar-refractivity contribution in [2.45, 2.75) is 37.5 Å². The van der Waals surface area contributed by atoms with Crippen molar-refractivity contribution in [3.63, 3.8) is 0 Å². The maximum atomic E-state index is 12.8. The molecule has 0 bridgehead atoms. The number of rotatable bonds is 7. The Labute approximate surface area is 143 Å². The van der Waals surface area contributed by atoms with Crippen LogP contribution in [0.5, 0.6) is 0 Å². The average Bonchev–Trinajstić information content (AvgIpc) is 2.53. The van der Waals surface area contributed by atoms with E-state index in [1.165, 1.54) is 0 Å². The standard InChI is InChI=1S/C18H24N2O3S/c1-14(7-11-21)18(8-3-9-18)13-20-24(22,23)17-5-2-4-15-12-19-10-6-16(15)17/h2,4-6,10,12,14,20-21H,3,7-9,11,13H2,1H3. The summed E-state index contributed by atoms with van der Waals surface area (Å²) in [5.41, 5.74) is -0.0259. The van der Waals surface area contributed by atoms with Crippen molar-refractivity contribution in [3.05, 3.63) is 36.7 Å². The molecule has 2 aromatic rings. The molecule has 2 N–H and O–H groups in total. The summed E-state index contributed by atoms with van der Waals surface area (Å²) in [6.07, 6.45) is 7.13. The average molecular weight is 348 g/mol. The first kappa shape index (κ1) is 17.3. The van der Waals surface area contributed by atoms with E-state index in [0.717, 1.165) is 24.6 Å². The molecule has 24 heavy (non-hydrogen) atoms. The van der Waals surface area contributed by atoms with E-state index in [4.69, 9.17) is 0 Å². The van der Waals surface area contributed by atoms with Crippen LogP contribution in [0.4, 0.5) is 0 Å². The Morgan fingerprint density at radius 1 is 1.33 bits per heavy atom. The smallest absolute Gasteiger partial charge is 0.241 e. The minimum Gasteiger partial charge on any atom is -0.396 e. The number of aliphatic hydroxyl groups excluding tert-OH is 1. The summed E-state index contributed by atoms with van der Waals surface area (Å²) >= 11 is 0. The van der Waals surface area contributed by atoms with Gasteiger partial charge in [-0.05, 0) is 42.7 Å². The molecule has 1 aliphatic rings. The molecule has 0 radical (unpaired) electrons. The lowest BCUT2D eigenvalue weighted by Gasteiger charge is -2.46. The van der Waals surface area contributed by atoms with Gasteiger partial charge in [0.1, 0.15) is 0 Å². The molecule has 1 aliphatic carbocycles. The molecule has 0 spiro atoms. The minimum absolute atomic E-state index is 0.0259. The molecule has 1 heterocycles. The van der Waals surface area contributed by atoms with Crippen molar-refractivity contribution in [2.24, 2.45) is 11.3 Å². The van der Waals surface area contributed by atoms with E-state index in [2.05, 4.69) is 16.6 Å². The van der Waals surface area contributed by atoms with Gasteiger partial charge in [0.15, 0.2) is 0 Å². The van der Waals surface area contributed by atoms with Crippen molar-refractivity contribution in [3.8, 4) is 0 Å². The van der Waals surface area contributed by atoms with Crippen molar-refractivity contribution in [1.29, 1.82) is 0 Å². The molecule has 1 saturated carbocycles. The number of aromatic nitrogens is 1. The van der Waals surface area contributed by atoms with Gasteiger partial charge in [-0.15, -0.1) is 0 Å². The van der Waals surface area contributed by atoms with Crippen LogP contribution in [0.2, 0.25) is 0 Å². The Morgan fingerprint density at radius 2 is 2.12 bits per heavy atom. The van der Waals surface area contributed by atoms with Gasteiger partial charge < -0.3 is 5.11 Å². The number of nitrogens with zero attached hydrogens (tertiary/aromatic N) is 1. The molecule has 1 unspecified atom stereocenters. The molecule has 1 atom stereocenters. The van der Waals surface area contributed by atoms with E-state index in [9.17, 15) is 13.5 Å². The van der Waals surface area contributed by atoms with Crippen LogP contribution in [0.25, 0.3) is 10.8 Å². The van der Waals surface area contributed by atoms with Crippen molar-refractivity contribution < 1.29 is 13.5 Å². The molecule has 6 heteroatoms. The first-order chi connectivity index (χ1) is 11.5. The minimum atomic E-state index is -3.59. The summed E-state index contributed by atoms with van der Waals surface area (Å²) in [6.45, 7) is 2.68. The molecule has 1 aromatic heterocycles. The zero-order chi connectivity index (χ0) is 17.2. The Balaban J connectivity index is 1.83. The van der Waals surface area contributed by atoms with Gasteiger partial charge in [-0.3, -0.25) is 4.98 Å². The van der Waals surface area contributed by atoms with Crippen molar-refractivity contribution in [2.75, 3.05) is 13.2 Å². The zero-order valence-corrected chi connectivity index (χ0v) is 14.7.